The van der Waals surface area contributed by atoms with Crippen molar-refractivity contribution in [2.45, 2.75) is 17.7 Å². The van der Waals surface area contributed by atoms with E-state index in [1.807, 2.05) is 6.07 Å². The number of methoxy groups -OCH3 is 1. The third kappa shape index (κ3) is 4.62. The fourth-order valence-corrected chi connectivity index (χ4v) is 6.43. The van der Waals surface area contributed by atoms with E-state index in [2.05, 4.69) is 20.3 Å². The van der Waals surface area contributed by atoms with Crippen molar-refractivity contribution in [2.24, 2.45) is 5.92 Å². The molecule has 1 aliphatic rings. The fourth-order valence-electron chi connectivity index (χ4n) is 4.49. The van der Waals surface area contributed by atoms with E-state index in [1.54, 1.807) is 66.9 Å². The zero-order chi connectivity index (χ0) is 24.0. The predicted octanol–water partition coefficient (Wildman–Crippen LogP) is 3.11. The summed E-state index contributed by atoms with van der Waals surface area (Å²) in [6.07, 6.45) is 4.14. The van der Waals surface area contributed by atoms with E-state index in [4.69, 9.17) is 4.74 Å². The van der Waals surface area contributed by atoms with Crippen molar-refractivity contribution in [3.8, 4) is 5.75 Å². The lowest BCUT2D eigenvalue weighted by atomic mass is 9.85. The maximum atomic E-state index is 14.2. The van der Waals surface area contributed by atoms with Gasteiger partial charge in [-0.3, -0.25) is 14.5 Å². The molecule has 178 valence electrons. The van der Waals surface area contributed by atoms with Crippen LogP contribution in [0.2, 0.25) is 0 Å². The fraction of sp³-hybridized carbons (Fsp3) is 0.280. The number of nitrogens with zero attached hydrogens (tertiary/aromatic N) is 1. The molecule has 34 heavy (non-hydrogen) atoms. The largest absolute Gasteiger partial charge is 0.496 e. The maximum absolute atomic E-state index is 14.2. The van der Waals surface area contributed by atoms with Gasteiger partial charge in [-0.25, -0.2) is 8.42 Å². The normalized spacial score (nSPS) is 16.3. The van der Waals surface area contributed by atoms with E-state index in [0.717, 1.165) is 0 Å². The lowest BCUT2D eigenvalue weighted by molar-refractivity contribution is 0.0887. The van der Waals surface area contributed by atoms with Gasteiger partial charge in [0.1, 0.15) is 5.75 Å². The quantitative estimate of drug-likeness (QED) is 0.457. The Morgan fingerprint density at radius 2 is 1.74 bits per heavy atom. The smallest absolute Gasteiger partial charge is 0.261 e. The van der Waals surface area contributed by atoms with Crippen LogP contribution in [0.25, 0.3) is 0 Å². The SMILES string of the molecule is COc1ccccc1C(=O)NC(c1ccccc1)(C1CCNCC1)S(=O)(=O)Nc1cccnc1. The molecule has 0 spiro atoms. The number of pyridine rings is 1. The Balaban J connectivity index is 1.88. The van der Waals surface area contributed by atoms with Crippen LogP contribution in [0.1, 0.15) is 28.8 Å². The summed E-state index contributed by atoms with van der Waals surface area (Å²) in [4.78, 5) is 15.9. The van der Waals surface area contributed by atoms with Crippen LogP contribution in [-0.2, 0) is 14.9 Å². The molecular formula is C25H28N4O4S. The minimum Gasteiger partial charge on any atom is -0.496 e. The molecule has 0 radical (unpaired) electrons. The molecule has 1 amide bonds. The Hall–Kier alpha value is -3.43. The third-order valence-electron chi connectivity index (χ3n) is 6.11. The van der Waals surface area contributed by atoms with Gasteiger partial charge in [0.2, 0.25) is 0 Å². The predicted molar refractivity (Wildman–Crippen MR) is 131 cm³/mol. The molecule has 0 bridgehead atoms. The molecule has 1 unspecified atom stereocenters. The number of ether oxygens (including phenoxy) is 1. The summed E-state index contributed by atoms with van der Waals surface area (Å²) < 4.78 is 36.5. The van der Waals surface area contributed by atoms with Crippen molar-refractivity contribution in [3.63, 3.8) is 0 Å². The van der Waals surface area contributed by atoms with Crippen LogP contribution in [0.3, 0.4) is 0 Å². The Morgan fingerprint density at radius 3 is 2.41 bits per heavy atom. The van der Waals surface area contributed by atoms with Gasteiger partial charge >= 0.3 is 0 Å². The van der Waals surface area contributed by atoms with Crippen LogP contribution in [-0.4, -0.2) is 39.5 Å². The van der Waals surface area contributed by atoms with E-state index in [9.17, 15) is 13.2 Å². The summed E-state index contributed by atoms with van der Waals surface area (Å²) in [6, 6.07) is 18.9. The van der Waals surface area contributed by atoms with E-state index in [-0.39, 0.29) is 11.5 Å². The first kappa shape index (κ1) is 23.7. The number of nitrogens with one attached hydrogen (secondary N) is 3. The van der Waals surface area contributed by atoms with Crippen LogP contribution in [0, 0.1) is 5.92 Å². The second-order valence-corrected chi connectivity index (χ2v) is 9.98. The molecular weight excluding hydrogens is 452 g/mol. The number of aromatic nitrogens is 1. The first-order chi connectivity index (χ1) is 16.5. The van der Waals surface area contributed by atoms with E-state index in [0.29, 0.717) is 42.9 Å². The number of hydrogen-bond donors (Lipinski definition) is 3. The monoisotopic (exact) mass is 480 g/mol. The van der Waals surface area contributed by atoms with Crippen molar-refractivity contribution in [1.82, 2.24) is 15.6 Å². The number of para-hydroxylation sites is 1. The minimum absolute atomic E-state index is 0.260. The number of benzene rings is 2. The molecule has 2 aromatic carbocycles. The van der Waals surface area contributed by atoms with Gasteiger partial charge in [0.15, 0.2) is 4.87 Å². The molecule has 1 fully saturated rings. The number of carbonyl (C=O) groups is 1. The molecule has 8 nitrogen and oxygen atoms in total. The van der Waals surface area contributed by atoms with Crippen LogP contribution in [0.5, 0.6) is 5.75 Å². The molecule has 4 rings (SSSR count). The molecule has 1 atom stereocenters. The highest BCUT2D eigenvalue weighted by Gasteiger charge is 2.53. The van der Waals surface area contributed by atoms with Crippen LogP contribution >= 0.6 is 0 Å². The molecule has 3 aromatic rings. The molecule has 1 saturated heterocycles. The second kappa shape index (κ2) is 10.2. The van der Waals surface area contributed by atoms with E-state index in [1.165, 1.54) is 13.3 Å². The summed E-state index contributed by atoms with van der Waals surface area (Å²) in [6.45, 7) is 1.29. The van der Waals surface area contributed by atoms with Crippen molar-refractivity contribution in [2.75, 3.05) is 24.9 Å². The van der Waals surface area contributed by atoms with Crippen LogP contribution in [0.4, 0.5) is 5.69 Å². The van der Waals surface area contributed by atoms with Gasteiger partial charge in [-0.05, 0) is 55.8 Å². The summed E-state index contributed by atoms with van der Waals surface area (Å²) in [5, 5.41) is 6.24. The van der Waals surface area contributed by atoms with E-state index < -0.39 is 20.8 Å². The molecule has 1 aromatic heterocycles. The molecule has 0 saturated carbocycles. The van der Waals surface area contributed by atoms with Crippen molar-refractivity contribution >= 4 is 21.6 Å². The Labute approximate surface area is 199 Å². The number of amides is 1. The van der Waals surface area contributed by atoms with Crippen LogP contribution < -0.4 is 20.1 Å². The maximum Gasteiger partial charge on any atom is 0.261 e. The summed E-state index contributed by atoms with van der Waals surface area (Å²) in [5.74, 6) is -0.551. The topological polar surface area (TPSA) is 109 Å². The van der Waals surface area contributed by atoms with Crippen molar-refractivity contribution < 1.29 is 17.9 Å². The third-order valence-corrected chi connectivity index (χ3v) is 8.13. The van der Waals surface area contributed by atoms with Gasteiger partial charge in [0.05, 0.1) is 24.6 Å². The van der Waals surface area contributed by atoms with Gasteiger partial charge in [-0.15, -0.1) is 0 Å². The second-order valence-electron chi connectivity index (χ2n) is 8.13. The van der Waals surface area contributed by atoms with Crippen LogP contribution in [0.15, 0.2) is 79.1 Å². The highest BCUT2D eigenvalue weighted by atomic mass is 32.2. The lowest BCUT2D eigenvalue weighted by Crippen LogP contribution is -2.60. The number of anilines is 1. The summed E-state index contributed by atoms with van der Waals surface area (Å²) >= 11 is 0. The Morgan fingerprint density at radius 1 is 1.03 bits per heavy atom. The Bertz CT molecular complexity index is 1220. The zero-order valence-corrected chi connectivity index (χ0v) is 19.7. The van der Waals surface area contributed by atoms with Gasteiger partial charge in [-0.2, -0.15) is 0 Å². The number of sulfonamides is 1. The molecule has 9 heteroatoms. The minimum atomic E-state index is -4.20. The number of carbonyl (C=O) groups excluding carboxylic acids is 1. The number of hydrogen-bond acceptors (Lipinski definition) is 6. The lowest BCUT2D eigenvalue weighted by Gasteiger charge is -2.43. The van der Waals surface area contributed by atoms with Crippen molar-refractivity contribution in [3.05, 3.63) is 90.3 Å². The summed E-state index contributed by atoms with van der Waals surface area (Å²) in [5.41, 5.74) is 1.07. The highest BCUT2D eigenvalue weighted by molar-refractivity contribution is 7.93. The molecule has 3 N–H and O–H groups in total. The van der Waals surface area contributed by atoms with Gasteiger partial charge in [0.25, 0.3) is 15.9 Å². The average Bonchev–Trinajstić information content (AvgIpc) is 2.88. The molecule has 1 aliphatic heterocycles. The number of rotatable bonds is 8. The molecule has 0 aliphatic carbocycles. The first-order valence-electron chi connectivity index (χ1n) is 11.1. The highest BCUT2D eigenvalue weighted by Crippen LogP contribution is 2.41. The van der Waals surface area contributed by atoms with Crippen molar-refractivity contribution in [1.29, 1.82) is 0 Å². The average molecular weight is 481 g/mol. The number of piperidine rings is 1. The van der Waals surface area contributed by atoms with Gasteiger partial charge in [-0.1, -0.05) is 42.5 Å². The van der Waals surface area contributed by atoms with Gasteiger partial charge < -0.3 is 15.4 Å². The first-order valence-corrected chi connectivity index (χ1v) is 12.6. The Kier molecular flexibility index (Phi) is 7.14. The summed E-state index contributed by atoms with van der Waals surface area (Å²) in [7, 11) is -2.73. The zero-order valence-electron chi connectivity index (χ0n) is 18.9. The molecule has 2 heterocycles. The van der Waals surface area contributed by atoms with E-state index >= 15 is 0 Å². The standard InChI is InChI=1S/C25H28N4O4S/c1-33-23-12-6-5-11-22(23)24(30)28-25(19-8-3-2-4-9-19,20-13-16-26-17-14-20)34(31,32)29-21-10-7-15-27-18-21/h2-12,15,18,20,26,29H,13-14,16-17H2,1H3,(H,28,30). The van der Waals surface area contributed by atoms with Gasteiger partial charge in [0, 0.05) is 12.1 Å².